The monoisotopic (exact) mass is 391 g/mol. The lowest BCUT2D eigenvalue weighted by Gasteiger charge is -2.34. The molecule has 4 nitrogen and oxygen atoms in total. The number of benzene rings is 2. The van der Waals surface area contributed by atoms with Gasteiger partial charge < -0.3 is 10.2 Å². The lowest BCUT2D eigenvalue weighted by Crippen LogP contribution is -2.48. The van der Waals surface area contributed by atoms with E-state index in [9.17, 15) is 4.79 Å². The van der Waals surface area contributed by atoms with Crippen LogP contribution in [0.3, 0.4) is 0 Å². The SMILES string of the molecule is CC(C)c1ccccc1NCCC(=O)N1CCN(C/C=C/c2ccccc2)CC1. The summed E-state index contributed by atoms with van der Waals surface area (Å²) < 4.78 is 0. The molecular formula is C25H33N3O. The number of nitrogens with zero attached hydrogens (tertiary/aromatic N) is 2. The Hall–Kier alpha value is -2.59. The fraction of sp³-hybridized carbons (Fsp3) is 0.400. The van der Waals surface area contributed by atoms with Crippen LogP contribution in [-0.4, -0.2) is 55.0 Å². The number of para-hydroxylation sites is 1. The fourth-order valence-electron chi connectivity index (χ4n) is 3.71. The van der Waals surface area contributed by atoms with E-state index in [4.69, 9.17) is 0 Å². The van der Waals surface area contributed by atoms with Crippen LogP contribution in [0.4, 0.5) is 5.69 Å². The van der Waals surface area contributed by atoms with Crippen molar-refractivity contribution < 1.29 is 4.79 Å². The van der Waals surface area contributed by atoms with E-state index in [-0.39, 0.29) is 5.91 Å². The van der Waals surface area contributed by atoms with Crippen molar-refractivity contribution in [2.45, 2.75) is 26.2 Å². The molecule has 2 aromatic rings. The third kappa shape index (κ3) is 6.47. The van der Waals surface area contributed by atoms with Crippen molar-refractivity contribution in [2.75, 3.05) is 44.6 Å². The number of hydrogen-bond acceptors (Lipinski definition) is 3. The summed E-state index contributed by atoms with van der Waals surface area (Å²) in [6.45, 7) is 9.53. The molecule has 0 atom stereocenters. The van der Waals surface area contributed by atoms with Crippen molar-refractivity contribution >= 4 is 17.7 Å². The Morgan fingerprint density at radius 3 is 2.41 bits per heavy atom. The average Bonchev–Trinajstić information content (AvgIpc) is 2.75. The first-order valence-electron chi connectivity index (χ1n) is 10.7. The molecule has 0 aromatic heterocycles. The molecule has 29 heavy (non-hydrogen) atoms. The predicted octanol–water partition coefficient (Wildman–Crippen LogP) is 4.47. The molecule has 0 unspecified atom stereocenters. The van der Waals surface area contributed by atoms with Crippen molar-refractivity contribution in [1.82, 2.24) is 9.80 Å². The van der Waals surface area contributed by atoms with Gasteiger partial charge in [-0.25, -0.2) is 0 Å². The normalized spacial score (nSPS) is 15.2. The van der Waals surface area contributed by atoms with E-state index < -0.39 is 0 Å². The van der Waals surface area contributed by atoms with Gasteiger partial charge in [-0.15, -0.1) is 0 Å². The summed E-state index contributed by atoms with van der Waals surface area (Å²) >= 11 is 0. The Bertz CT molecular complexity index is 793. The van der Waals surface area contributed by atoms with Crippen LogP contribution in [0.5, 0.6) is 0 Å². The minimum absolute atomic E-state index is 0.249. The van der Waals surface area contributed by atoms with E-state index in [1.54, 1.807) is 0 Å². The average molecular weight is 392 g/mol. The zero-order chi connectivity index (χ0) is 20.5. The summed E-state index contributed by atoms with van der Waals surface area (Å²) in [4.78, 5) is 17.0. The first-order valence-corrected chi connectivity index (χ1v) is 10.7. The molecule has 1 N–H and O–H groups in total. The van der Waals surface area contributed by atoms with Crippen molar-refractivity contribution in [1.29, 1.82) is 0 Å². The number of hydrogen-bond donors (Lipinski definition) is 1. The van der Waals surface area contributed by atoms with E-state index in [0.29, 0.717) is 18.9 Å². The molecule has 0 saturated carbocycles. The van der Waals surface area contributed by atoms with Crippen LogP contribution in [-0.2, 0) is 4.79 Å². The van der Waals surface area contributed by atoms with Crippen LogP contribution in [0, 0.1) is 0 Å². The maximum Gasteiger partial charge on any atom is 0.224 e. The van der Waals surface area contributed by atoms with Crippen LogP contribution in [0.1, 0.15) is 37.3 Å². The standard InChI is InChI=1S/C25H33N3O/c1-21(2)23-12-6-7-13-24(23)26-15-14-25(29)28-19-17-27(18-20-28)16-8-11-22-9-4-3-5-10-22/h3-13,21,26H,14-20H2,1-2H3/b11-8+. The van der Waals surface area contributed by atoms with Gasteiger partial charge in [-0.1, -0.05) is 74.5 Å². The molecule has 154 valence electrons. The molecule has 4 heteroatoms. The van der Waals surface area contributed by atoms with E-state index in [1.165, 1.54) is 11.1 Å². The zero-order valence-corrected chi connectivity index (χ0v) is 17.7. The van der Waals surface area contributed by atoms with Crippen LogP contribution < -0.4 is 5.32 Å². The quantitative estimate of drug-likeness (QED) is 0.721. The smallest absolute Gasteiger partial charge is 0.224 e. The summed E-state index contributed by atoms with van der Waals surface area (Å²) in [5.74, 6) is 0.720. The highest BCUT2D eigenvalue weighted by Gasteiger charge is 2.20. The van der Waals surface area contributed by atoms with Crippen molar-refractivity contribution in [3.63, 3.8) is 0 Å². The van der Waals surface area contributed by atoms with Crippen molar-refractivity contribution in [3.8, 4) is 0 Å². The number of rotatable bonds is 8. The van der Waals surface area contributed by atoms with Crippen molar-refractivity contribution in [2.24, 2.45) is 0 Å². The molecule has 2 aromatic carbocycles. The molecule has 0 radical (unpaired) electrons. The lowest BCUT2D eigenvalue weighted by atomic mass is 10.0. The number of nitrogens with one attached hydrogen (secondary N) is 1. The third-order valence-corrected chi connectivity index (χ3v) is 5.44. The van der Waals surface area contributed by atoms with Crippen LogP contribution in [0.25, 0.3) is 6.08 Å². The predicted molar refractivity (Wildman–Crippen MR) is 122 cm³/mol. The maximum atomic E-state index is 12.6. The van der Waals surface area contributed by atoms with E-state index >= 15 is 0 Å². The summed E-state index contributed by atoms with van der Waals surface area (Å²) in [6.07, 6.45) is 4.92. The van der Waals surface area contributed by atoms with Crippen LogP contribution >= 0.6 is 0 Å². The number of carbonyl (C=O) groups excluding carboxylic acids is 1. The highest BCUT2D eigenvalue weighted by atomic mass is 16.2. The van der Waals surface area contributed by atoms with Gasteiger partial charge in [0.05, 0.1) is 0 Å². The molecule has 0 bridgehead atoms. The number of anilines is 1. The van der Waals surface area contributed by atoms with Gasteiger partial charge in [0, 0.05) is 51.4 Å². The highest BCUT2D eigenvalue weighted by molar-refractivity contribution is 5.77. The van der Waals surface area contributed by atoms with E-state index in [1.807, 2.05) is 17.0 Å². The van der Waals surface area contributed by atoms with Gasteiger partial charge in [0.25, 0.3) is 0 Å². The molecule has 0 spiro atoms. The highest BCUT2D eigenvalue weighted by Crippen LogP contribution is 2.23. The Balaban J connectivity index is 1.37. The maximum absolute atomic E-state index is 12.6. The molecule has 1 heterocycles. The zero-order valence-electron chi connectivity index (χ0n) is 17.7. The summed E-state index contributed by atoms with van der Waals surface area (Å²) in [5, 5.41) is 3.45. The second-order valence-electron chi connectivity index (χ2n) is 7.91. The molecule has 1 saturated heterocycles. The number of carbonyl (C=O) groups is 1. The summed E-state index contributed by atoms with van der Waals surface area (Å²) in [5.41, 5.74) is 3.68. The molecule has 3 rings (SSSR count). The van der Waals surface area contributed by atoms with E-state index in [0.717, 1.165) is 38.4 Å². The molecule has 1 fully saturated rings. The summed E-state index contributed by atoms with van der Waals surface area (Å²) in [7, 11) is 0. The minimum atomic E-state index is 0.249. The Kier molecular flexibility index (Phi) is 7.88. The molecule has 0 aliphatic carbocycles. The van der Waals surface area contributed by atoms with Crippen molar-refractivity contribution in [3.05, 3.63) is 71.8 Å². The lowest BCUT2D eigenvalue weighted by molar-refractivity contribution is -0.132. The molecule has 1 aliphatic rings. The topological polar surface area (TPSA) is 35.6 Å². The Labute approximate surface area is 175 Å². The van der Waals surface area contributed by atoms with Gasteiger partial charge in [0.1, 0.15) is 0 Å². The first-order chi connectivity index (χ1) is 14.1. The van der Waals surface area contributed by atoms with Gasteiger partial charge in [-0.2, -0.15) is 0 Å². The second kappa shape index (κ2) is 10.8. The number of amides is 1. The minimum Gasteiger partial charge on any atom is -0.384 e. The van der Waals surface area contributed by atoms with Gasteiger partial charge >= 0.3 is 0 Å². The fourth-order valence-corrected chi connectivity index (χ4v) is 3.71. The number of piperazine rings is 1. The Morgan fingerprint density at radius 2 is 1.69 bits per heavy atom. The molecular weight excluding hydrogens is 358 g/mol. The Morgan fingerprint density at radius 1 is 1.00 bits per heavy atom. The van der Waals surface area contributed by atoms with Gasteiger partial charge in [0.2, 0.25) is 5.91 Å². The van der Waals surface area contributed by atoms with Crippen LogP contribution in [0.2, 0.25) is 0 Å². The van der Waals surface area contributed by atoms with Gasteiger partial charge in [-0.3, -0.25) is 9.69 Å². The third-order valence-electron chi connectivity index (χ3n) is 5.44. The largest absolute Gasteiger partial charge is 0.384 e. The summed E-state index contributed by atoms with van der Waals surface area (Å²) in [6, 6.07) is 18.7. The molecule has 1 aliphatic heterocycles. The molecule has 1 amide bonds. The van der Waals surface area contributed by atoms with Gasteiger partial charge in [-0.05, 0) is 23.1 Å². The van der Waals surface area contributed by atoms with Gasteiger partial charge in [0.15, 0.2) is 0 Å². The van der Waals surface area contributed by atoms with Crippen LogP contribution in [0.15, 0.2) is 60.7 Å². The first kappa shape index (κ1) is 21.1. The second-order valence-corrected chi connectivity index (χ2v) is 7.91. The van der Waals surface area contributed by atoms with E-state index in [2.05, 4.69) is 78.7 Å².